The number of hydrogen-bond acceptors (Lipinski definition) is 1. The van der Waals surface area contributed by atoms with Crippen molar-refractivity contribution in [3.05, 3.63) is 12.8 Å². The lowest BCUT2D eigenvalue weighted by atomic mass is 10.6. The summed E-state index contributed by atoms with van der Waals surface area (Å²) in [6.07, 6.45) is 1.56. The smallest absolute Gasteiger partial charge is 0.246 e. The highest BCUT2D eigenvalue weighted by atomic mass is 28.4. The fraction of sp³-hybridized carbons (Fsp3) is 0.714. The van der Waals surface area contributed by atoms with Gasteiger partial charge in [0.2, 0.25) is 8.32 Å². The van der Waals surface area contributed by atoms with Crippen LogP contribution in [0.2, 0.25) is 18.6 Å². The van der Waals surface area contributed by atoms with E-state index in [0.29, 0.717) is 5.54 Å². The molecule has 0 spiro atoms. The van der Waals surface area contributed by atoms with E-state index in [2.05, 4.69) is 33.5 Å². The van der Waals surface area contributed by atoms with Gasteiger partial charge in [-0.3, -0.25) is 0 Å². The summed E-state index contributed by atoms with van der Waals surface area (Å²) in [5.41, 5.74) is 0.662. The molecule has 0 aromatic heterocycles. The van der Waals surface area contributed by atoms with Crippen LogP contribution in [0.4, 0.5) is 0 Å². The molecule has 0 unspecified atom stereocenters. The van der Waals surface area contributed by atoms with Gasteiger partial charge in [-0.2, -0.15) is 0 Å². The molecule has 0 saturated heterocycles. The molecule has 0 radical (unpaired) electrons. The average Bonchev–Trinajstić information content (AvgIpc) is 1.65. The van der Waals surface area contributed by atoms with Gasteiger partial charge in [0.05, 0.1) is 6.26 Å². The maximum Gasteiger partial charge on any atom is 0.246 e. The summed E-state index contributed by atoms with van der Waals surface area (Å²) in [4.78, 5) is 0. The second-order valence-corrected chi connectivity index (χ2v) is 7.64. The molecule has 0 aliphatic carbocycles. The molecule has 1 nitrogen and oxygen atoms in total. The van der Waals surface area contributed by atoms with Crippen LogP contribution >= 0.6 is 0 Å². The molecule has 54 valence electrons. The molecule has 0 aliphatic rings. The van der Waals surface area contributed by atoms with Crippen LogP contribution in [-0.2, 0) is 4.43 Å². The first-order valence-corrected chi connectivity index (χ1v) is 6.28. The molecular formula is C7H16OSi. The molecule has 0 bridgehead atoms. The Morgan fingerprint density at radius 3 is 2.00 bits per heavy atom. The van der Waals surface area contributed by atoms with Gasteiger partial charge in [0.15, 0.2) is 0 Å². The van der Waals surface area contributed by atoms with Crippen LogP contribution < -0.4 is 0 Å². The van der Waals surface area contributed by atoms with Crippen LogP contribution in [-0.4, -0.2) is 8.32 Å². The van der Waals surface area contributed by atoms with Gasteiger partial charge in [0.1, 0.15) is 0 Å². The summed E-state index contributed by atoms with van der Waals surface area (Å²) in [6.45, 7) is 12.3. The molecule has 9 heavy (non-hydrogen) atoms. The van der Waals surface area contributed by atoms with Crippen molar-refractivity contribution in [3.63, 3.8) is 0 Å². The third kappa shape index (κ3) is 2.70. The minimum absolute atomic E-state index is 0.662. The van der Waals surface area contributed by atoms with Crippen LogP contribution in [0.3, 0.4) is 0 Å². The Morgan fingerprint density at radius 1 is 1.44 bits per heavy atom. The van der Waals surface area contributed by atoms with Crippen molar-refractivity contribution in [3.8, 4) is 0 Å². The standard InChI is InChI=1S/C7H16OSi/c1-6-8-9(4,5)7(2)3/h6-7H,1H2,2-5H3. The lowest BCUT2D eigenvalue weighted by Crippen LogP contribution is -2.31. The van der Waals surface area contributed by atoms with Crippen molar-refractivity contribution in [2.75, 3.05) is 0 Å². The summed E-state index contributed by atoms with van der Waals surface area (Å²) in [6, 6.07) is 0. The van der Waals surface area contributed by atoms with Gasteiger partial charge in [-0.05, 0) is 18.6 Å². The molecule has 0 aromatic rings. The summed E-state index contributed by atoms with van der Waals surface area (Å²) in [5, 5.41) is 0. The largest absolute Gasteiger partial charge is 0.550 e. The Hall–Kier alpha value is -0.243. The number of hydrogen-bond donors (Lipinski definition) is 0. The van der Waals surface area contributed by atoms with Gasteiger partial charge >= 0.3 is 0 Å². The van der Waals surface area contributed by atoms with Gasteiger partial charge in [-0.15, -0.1) is 0 Å². The molecule has 0 fully saturated rings. The third-order valence-corrected chi connectivity index (χ3v) is 5.33. The second-order valence-electron chi connectivity index (χ2n) is 3.04. The predicted molar refractivity (Wildman–Crippen MR) is 43.9 cm³/mol. The fourth-order valence-electron chi connectivity index (χ4n) is 0.351. The minimum atomic E-state index is -1.40. The lowest BCUT2D eigenvalue weighted by molar-refractivity contribution is 0.462. The summed E-state index contributed by atoms with van der Waals surface area (Å²) < 4.78 is 5.39. The molecule has 2 heteroatoms. The highest BCUT2D eigenvalue weighted by Crippen LogP contribution is 2.20. The Kier molecular flexibility index (Phi) is 2.98. The molecule has 0 saturated carbocycles. The summed E-state index contributed by atoms with van der Waals surface area (Å²) in [7, 11) is -1.40. The zero-order valence-corrected chi connectivity index (χ0v) is 7.77. The third-order valence-electron chi connectivity index (χ3n) is 1.78. The molecule has 0 amide bonds. The zero-order chi connectivity index (χ0) is 7.49. The molecule has 0 atom stereocenters. The van der Waals surface area contributed by atoms with Crippen LogP contribution in [0.25, 0.3) is 0 Å². The van der Waals surface area contributed by atoms with E-state index in [1.165, 1.54) is 0 Å². The second kappa shape index (κ2) is 3.06. The van der Waals surface area contributed by atoms with E-state index in [1.807, 2.05) is 0 Å². The Morgan fingerprint density at radius 2 is 1.89 bits per heavy atom. The molecular weight excluding hydrogens is 128 g/mol. The monoisotopic (exact) mass is 144 g/mol. The highest BCUT2D eigenvalue weighted by Gasteiger charge is 2.26. The van der Waals surface area contributed by atoms with Gasteiger partial charge in [-0.1, -0.05) is 20.4 Å². The minimum Gasteiger partial charge on any atom is -0.550 e. The lowest BCUT2D eigenvalue weighted by Gasteiger charge is -2.24. The first-order valence-electron chi connectivity index (χ1n) is 3.29. The van der Waals surface area contributed by atoms with Crippen molar-refractivity contribution in [2.45, 2.75) is 32.5 Å². The van der Waals surface area contributed by atoms with E-state index in [9.17, 15) is 0 Å². The Bertz CT molecular complexity index is 97.1. The van der Waals surface area contributed by atoms with Crippen LogP contribution in [0, 0.1) is 0 Å². The fourth-order valence-corrected chi connectivity index (χ4v) is 1.05. The topological polar surface area (TPSA) is 9.23 Å². The molecule has 0 rings (SSSR count). The van der Waals surface area contributed by atoms with Crippen molar-refractivity contribution >= 4 is 8.32 Å². The van der Waals surface area contributed by atoms with Gasteiger partial charge in [0, 0.05) is 0 Å². The van der Waals surface area contributed by atoms with Crippen molar-refractivity contribution in [2.24, 2.45) is 0 Å². The first kappa shape index (κ1) is 8.76. The van der Waals surface area contributed by atoms with Crippen LogP contribution in [0.1, 0.15) is 13.8 Å². The highest BCUT2D eigenvalue weighted by molar-refractivity contribution is 6.72. The Labute approximate surface area is 58.9 Å². The molecule has 0 heterocycles. The molecule has 0 N–H and O–H groups in total. The zero-order valence-electron chi connectivity index (χ0n) is 6.77. The molecule has 0 aromatic carbocycles. The number of rotatable bonds is 3. The van der Waals surface area contributed by atoms with Crippen LogP contribution in [0.15, 0.2) is 12.8 Å². The van der Waals surface area contributed by atoms with Gasteiger partial charge < -0.3 is 4.43 Å². The van der Waals surface area contributed by atoms with E-state index in [-0.39, 0.29) is 0 Å². The summed E-state index contributed by atoms with van der Waals surface area (Å²) in [5.74, 6) is 0. The van der Waals surface area contributed by atoms with Crippen molar-refractivity contribution in [1.82, 2.24) is 0 Å². The Balaban J connectivity index is 3.84. The average molecular weight is 144 g/mol. The summed E-state index contributed by atoms with van der Waals surface area (Å²) >= 11 is 0. The quantitative estimate of drug-likeness (QED) is 0.437. The van der Waals surface area contributed by atoms with E-state index in [4.69, 9.17) is 4.43 Å². The van der Waals surface area contributed by atoms with E-state index >= 15 is 0 Å². The maximum atomic E-state index is 5.39. The van der Waals surface area contributed by atoms with E-state index in [1.54, 1.807) is 6.26 Å². The van der Waals surface area contributed by atoms with Crippen molar-refractivity contribution < 1.29 is 4.43 Å². The molecule has 0 aliphatic heterocycles. The van der Waals surface area contributed by atoms with Crippen molar-refractivity contribution in [1.29, 1.82) is 0 Å². The van der Waals surface area contributed by atoms with E-state index in [0.717, 1.165) is 0 Å². The SMILES string of the molecule is C=CO[Si](C)(C)C(C)C. The predicted octanol–water partition coefficient (Wildman–Crippen LogP) is 2.76. The first-order chi connectivity index (χ1) is 4.00. The van der Waals surface area contributed by atoms with Gasteiger partial charge in [0.25, 0.3) is 0 Å². The maximum absolute atomic E-state index is 5.39. The van der Waals surface area contributed by atoms with Crippen LogP contribution in [0.5, 0.6) is 0 Å². The van der Waals surface area contributed by atoms with E-state index < -0.39 is 8.32 Å². The normalized spacial score (nSPS) is 11.7. The van der Waals surface area contributed by atoms with Gasteiger partial charge in [-0.25, -0.2) is 0 Å².